The largest absolute Gasteiger partial charge is 0.479 e. The number of amides is 1. The highest BCUT2D eigenvalue weighted by Gasteiger charge is 2.67. The van der Waals surface area contributed by atoms with E-state index in [4.69, 9.17) is 10.0 Å². The van der Waals surface area contributed by atoms with Crippen molar-refractivity contribution in [3.63, 3.8) is 0 Å². The second kappa shape index (κ2) is 6.86. The maximum absolute atomic E-state index is 12.4. The molecule has 2 aliphatic rings. The summed E-state index contributed by atoms with van der Waals surface area (Å²) in [6.45, 7) is 3.28. The van der Waals surface area contributed by atoms with Crippen molar-refractivity contribution in [2.45, 2.75) is 57.5 Å². The number of aliphatic hydroxyl groups is 1. The molecule has 2 rings (SSSR count). The van der Waals surface area contributed by atoms with Crippen LogP contribution < -0.4 is 5.32 Å². The van der Waals surface area contributed by atoms with E-state index in [-0.39, 0.29) is 18.7 Å². The van der Waals surface area contributed by atoms with Gasteiger partial charge in [-0.3, -0.25) is 4.79 Å². The minimum atomic E-state index is -1.80. The van der Waals surface area contributed by atoms with E-state index in [0.29, 0.717) is 6.42 Å². The first-order valence-electron chi connectivity index (χ1n) is 8.41. The standard InChI is InChI=1S/C16H26BNO6/c1-15(2)11(8-9-17(23)24)13(20)18-16(15,14(21)22)12(19)10-6-4-3-5-7-10/h4,6,10-12,19,23-24H,3,5,7-9H2,1-2H3,(H,18,20)(H,21,22)/t10-,11+,12+,16+/m1/s1. The number of carbonyl (C=O) groups is 2. The Morgan fingerprint density at radius 1 is 1.46 bits per heavy atom. The second-order valence-corrected chi connectivity index (χ2v) is 7.40. The number of carboxylic acid groups (broad SMARTS) is 1. The van der Waals surface area contributed by atoms with E-state index in [0.717, 1.165) is 12.8 Å². The molecule has 1 saturated heterocycles. The molecule has 1 heterocycles. The summed E-state index contributed by atoms with van der Waals surface area (Å²) < 4.78 is 0. The zero-order chi connectivity index (χ0) is 18.1. The van der Waals surface area contributed by atoms with Crippen LogP contribution in [0, 0.1) is 17.3 Å². The molecule has 1 fully saturated rings. The predicted molar refractivity (Wildman–Crippen MR) is 87.9 cm³/mol. The van der Waals surface area contributed by atoms with E-state index >= 15 is 0 Å². The van der Waals surface area contributed by atoms with Gasteiger partial charge >= 0.3 is 13.1 Å². The Labute approximate surface area is 141 Å². The number of hydrogen-bond donors (Lipinski definition) is 5. The number of aliphatic hydroxyl groups excluding tert-OH is 1. The van der Waals surface area contributed by atoms with Crippen LogP contribution in [0.2, 0.25) is 6.32 Å². The lowest BCUT2D eigenvalue weighted by atomic mass is 9.60. The number of allylic oxidation sites excluding steroid dienone is 1. The van der Waals surface area contributed by atoms with Crippen molar-refractivity contribution in [1.29, 1.82) is 0 Å². The van der Waals surface area contributed by atoms with Crippen LogP contribution in [0.5, 0.6) is 0 Å². The van der Waals surface area contributed by atoms with E-state index in [1.165, 1.54) is 0 Å². The van der Waals surface area contributed by atoms with E-state index in [1.807, 2.05) is 12.2 Å². The number of hydrogen-bond acceptors (Lipinski definition) is 5. The van der Waals surface area contributed by atoms with Crippen LogP contribution in [-0.2, 0) is 9.59 Å². The first-order chi connectivity index (χ1) is 11.1. The molecule has 0 bridgehead atoms. The molecule has 1 aliphatic heterocycles. The van der Waals surface area contributed by atoms with Gasteiger partial charge in [0, 0.05) is 17.3 Å². The molecule has 0 spiro atoms. The molecule has 0 aromatic rings. The lowest BCUT2D eigenvalue weighted by Crippen LogP contribution is -2.66. The topological polar surface area (TPSA) is 127 Å². The SMILES string of the molecule is CC1(C)[C@@H](CCB(O)O)C(=O)N[C@]1(C(=O)O)[C@@H](O)[C@@H]1C=CCCC1. The highest BCUT2D eigenvalue weighted by molar-refractivity contribution is 6.41. The molecule has 0 aromatic heterocycles. The Balaban J connectivity index is 2.37. The molecule has 1 aliphatic carbocycles. The van der Waals surface area contributed by atoms with Crippen molar-refractivity contribution in [2.24, 2.45) is 17.3 Å². The van der Waals surface area contributed by atoms with Crippen molar-refractivity contribution in [2.75, 3.05) is 0 Å². The van der Waals surface area contributed by atoms with Crippen LogP contribution >= 0.6 is 0 Å². The van der Waals surface area contributed by atoms with Crippen LogP contribution in [0.25, 0.3) is 0 Å². The summed E-state index contributed by atoms with van der Waals surface area (Å²) in [4.78, 5) is 24.6. The molecule has 0 unspecified atom stereocenters. The molecule has 0 radical (unpaired) electrons. The quantitative estimate of drug-likeness (QED) is 0.347. The zero-order valence-electron chi connectivity index (χ0n) is 14.1. The van der Waals surface area contributed by atoms with Gasteiger partial charge in [-0.25, -0.2) is 4.79 Å². The van der Waals surface area contributed by atoms with E-state index < -0.39 is 42.0 Å². The van der Waals surface area contributed by atoms with Gasteiger partial charge in [-0.15, -0.1) is 0 Å². The Morgan fingerprint density at radius 2 is 2.12 bits per heavy atom. The van der Waals surface area contributed by atoms with Gasteiger partial charge in [0.15, 0.2) is 5.54 Å². The molecular weight excluding hydrogens is 313 g/mol. The molecule has 1 amide bonds. The average molecular weight is 339 g/mol. The minimum Gasteiger partial charge on any atom is -0.479 e. The van der Waals surface area contributed by atoms with Crippen LogP contribution in [0.4, 0.5) is 0 Å². The summed E-state index contributed by atoms with van der Waals surface area (Å²) in [7, 11) is -1.56. The summed E-state index contributed by atoms with van der Waals surface area (Å²) in [6, 6.07) is 0. The predicted octanol–water partition coefficient (Wildman–Crippen LogP) is 0.162. The van der Waals surface area contributed by atoms with Crippen LogP contribution in [0.15, 0.2) is 12.2 Å². The van der Waals surface area contributed by atoms with Crippen molar-refractivity contribution < 1.29 is 29.9 Å². The molecular formula is C16H26BNO6. The fourth-order valence-corrected chi connectivity index (χ4v) is 4.19. The summed E-state index contributed by atoms with van der Waals surface area (Å²) in [5.41, 5.74) is -2.89. The highest BCUT2D eigenvalue weighted by Crippen LogP contribution is 2.50. The van der Waals surface area contributed by atoms with Crippen molar-refractivity contribution in [1.82, 2.24) is 5.32 Å². The van der Waals surface area contributed by atoms with Gasteiger partial charge < -0.3 is 25.6 Å². The molecule has 4 atom stereocenters. The molecule has 24 heavy (non-hydrogen) atoms. The molecule has 134 valence electrons. The van der Waals surface area contributed by atoms with Crippen LogP contribution in [-0.4, -0.2) is 50.9 Å². The van der Waals surface area contributed by atoms with Gasteiger partial charge in [0.1, 0.15) is 0 Å². The third-order valence-corrected chi connectivity index (χ3v) is 5.72. The van der Waals surface area contributed by atoms with Crippen molar-refractivity contribution in [3.05, 3.63) is 12.2 Å². The van der Waals surface area contributed by atoms with Gasteiger partial charge in [-0.2, -0.15) is 0 Å². The number of rotatable bonds is 6. The lowest BCUT2D eigenvalue weighted by molar-refractivity contribution is -0.159. The Kier molecular flexibility index (Phi) is 5.42. The summed E-state index contributed by atoms with van der Waals surface area (Å²) >= 11 is 0. The molecule has 8 heteroatoms. The Morgan fingerprint density at radius 3 is 2.62 bits per heavy atom. The van der Waals surface area contributed by atoms with Gasteiger partial charge in [-0.1, -0.05) is 26.0 Å². The van der Waals surface area contributed by atoms with E-state index in [9.17, 15) is 19.8 Å². The zero-order valence-corrected chi connectivity index (χ0v) is 14.1. The van der Waals surface area contributed by atoms with Crippen LogP contribution in [0.1, 0.15) is 39.5 Å². The fourth-order valence-electron chi connectivity index (χ4n) is 4.19. The summed E-state index contributed by atoms with van der Waals surface area (Å²) in [5.74, 6) is -2.80. The number of aliphatic carboxylic acids is 1. The van der Waals surface area contributed by atoms with E-state index in [1.54, 1.807) is 13.8 Å². The Bertz CT molecular complexity index is 535. The maximum Gasteiger partial charge on any atom is 0.451 e. The molecule has 7 nitrogen and oxygen atoms in total. The first kappa shape index (κ1) is 19.0. The van der Waals surface area contributed by atoms with Gasteiger partial charge in [-0.05, 0) is 32.0 Å². The van der Waals surface area contributed by atoms with Crippen LogP contribution in [0.3, 0.4) is 0 Å². The first-order valence-corrected chi connectivity index (χ1v) is 8.41. The smallest absolute Gasteiger partial charge is 0.451 e. The number of carboxylic acids is 1. The molecule has 5 N–H and O–H groups in total. The number of carbonyl (C=O) groups excluding carboxylic acids is 1. The lowest BCUT2D eigenvalue weighted by Gasteiger charge is -2.44. The van der Waals surface area contributed by atoms with E-state index in [2.05, 4.69) is 5.32 Å². The second-order valence-electron chi connectivity index (χ2n) is 7.40. The van der Waals surface area contributed by atoms with Crippen molar-refractivity contribution >= 4 is 19.0 Å². The summed E-state index contributed by atoms with van der Waals surface area (Å²) in [6.07, 6.45) is 5.03. The highest BCUT2D eigenvalue weighted by atomic mass is 16.4. The fraction of sp³-hybridized carbons (Fsp3) is 0.750. The monoisotopic (exact) mass is 339 g/mol. The molecule has 0 aromatic carbocycles. The Hall–Kier alpha value is -1.38. The van der Waals surface area contributed by atoms with Gasteiger partial charge in [0.2, 0.25) is 5.91 Å². The number of nitrogens with one attached hydrogen (secondary N) is 1. The minimum absolute atomic E-state index is 0.0311. The van der Waals surface area contributed by atoms with Gasteiger partial charge in [0.05, 0.1) is 6.10 Å². The normalized spacial score (nSPS) is 33.1. The molecule has 0 saturated carbocycles. The summed E-state index contributed by atoms with van der Waals surface area (Å²) in [5, 5.41) is 41.5. The third-order valence-electron chi connectivity index (χ3n) is 5.72. The van der Waals surface area contributed by atoms with Crippen molar-refractivity contribution in [3.8, 4) is 0 Å². The van der Waals surface area contributed by atoms with Gasteiger partial charge in [0.25, 0.3) is 0 Å². The maximum atomic E-state index is 12.4. The average Bonchev–Trinajstić information content (AvgIpc) is 2.72. The third kappa shape index (κ3) is 2.98.